The smallest absolute Gasteiger partial charge is 0.168 e. The minimum atomic E-state index is -0.463. The number of nitrogens with zero attached hydrogens (tertiary/aromatic N) is 4. The number of rotatable bonds is 4. The second-order valence-corrected chi connectivity index (χ2v) is 5.61. The lowest BCUT2D eigenvalue weighted by Crippen LogP contribution is -2.16. The van der Waals surface area contributed by atoms with Gasteiger partial charge in [-0.15, -0.1) is 0 Å². The summed E-state index contributed by atoms with van der Waals surface area (Å²) in [5.74, 6) is 0.650. The molecule has 114 valence electrons. The average Bonchev–Trinajstić information content (AvgIpc) is 2.92. The molecule has 0 aliphatic carbocycles. The molecule has 1 atom stereocenters. The molecule has 0 amide bonds. The van der Waals surface area contributed by atoms with E-state index in [-0.39, 0.29) is 0 Å². The Labute approximate surface area is 132 Å². The van der Waals surface area contributed by atoms with Gasteiger partial charge in [0.1, 0.15) is 12.1 Å². The zero-order valence-corrected chi connectivity index (χ0v) is 13.0. The van der Waals surface area contributed by atoms with E-state index in [2.05, 4.69) is 20.4 Å². The van der Waals surface area contributed by atoms with E-state index in [0.717, 1.165) is 16.6 Å². The Bertz CT molecular complexity index is 815. The normalized spacial score (nSPS) is 12.5. The van der Waals surface area contributed by atoms with Crippen molar-refractivity contribution in [2.24, 2.45) is 0 Å². The van der Waals surface area contributed by atoms with Gasteiger partial charge in [-0.1, -0.05) is 17.7 Å². The van der Waals surface area contributed by atoms with E-state index in [1.807, 2.05) is 25.1 Å². The van der Waals surface area contributed by atoms with Gasteiger partial charge in [-0.2, -0.15) is 5.10 Å². The van der Waals surface area contributed by atoms with Crippen LogP contribution < -0.4 is 5.32 Å². The van der Waals surface area contributed by atoms with Crippen LogP contribution in [0.2, 0.25) is 5.02 Å². The van der Waals surface area contributed by atoms with Gasteiger partial charge < -0.3 is 10.4 Å². The summed E-state index contributed by atoms with van der Waals surface area (Å²) in [5.41, 5.74) is 2.61. The molecule has 0 saturated heterocycles. The average molecular weight is 318 g/mol. The molecule has 0 fully saturated rings. The predicted molar refractivity (Wildman–Crippen MR) is 86.6 cm³/mol. The maximum atomic E-state index is 9.39. The van der Waals surface area contributed by atoms with Crippen molar-refractivity contribution in [3.63, 3.8) is 0 Å². The van der Waals surface area contributed by atoms with Gasteiger partial charge in [0.15, 0.2) is 5.65 Å². The van der Waals surface area contributed by atoms with Crippen molar-refractivity contribution in [1.29, 1.82) is 0 Å². The number of halogens is 1. The van der Waals surface area contributed by atoms with Crippen LogP contribution in [0.4, 0.5) is 5.82 Å². The SMILES string of the molecule is Cc1ccc(Cl)cc1-n1ncc2c(NC[C@@H](C)O)ncnc21. The van der Waals surface area contributed by atoms with E-state index in [1.165, 1.54) is 6.33 Å². The molecule has 3 rings (SSSR count). The Hall–Kier alpha value is -2.18. The minimum absolute atomic E-state index is 0.410. The van der Waals surface area contributed by atoms with Crippen LogP contribution in [0.25, 0.3) is 16.7 Å². The van der Waals surface area contributed by atoms with Gasteiger partial charge in [0, 0.05) is 11.6 Å². The zero-order chi connectivity index (χ0) is 15.7. The fraction of sp³-hybridized carbons (Fsp3) is 0.267. The van der Waals surface area contributed by atoms with Crippen LogP contribution in [0.15, 0.2) is 30.7 Å². The molecule has 1 aromatic carbocycles. The van der Waals surface area contributed by atoms with Crippen molar-refractivity contribution < 1.29 is 5.11 Å². The Morgan fingerprint density at radius 2 is 2.18 bits per heavy atom. The molecular formula is C15H16ClN5O. The number of hydrogen-bond donors (Lipinski definition) is 2. The van der Waals surface area contributed by atoms with Crippen LogP contribution in [0.5, 0.6) is 0 Å². The van der Waals surface area contributed by atoms with Crippen LogP contribution >= 0.6 is 11.6 Å². The maximum Gasteiger partial charge on any atom is 0.168 e. The number of nitrogens with one attached hydrogen (secondary N) is 1. The molecule has 6 nitrogen and oxygen atoms in total. The summed E-state index contributed by atoms with van der Waals surface area (Å²) in [6, 6.07) is 5.64. The summed E-state index contributed by atoms with van der Waals surface area (Å²) >= 11 is 6.09. The number of aliphatic hydroxyl groups is 1. The quantitative estimate of drug-likeness (QED) is 0.773. The van der Waals surface area contributed by atoms with E-state index < -0.39 is 6.10 Å². The standard InChI is InChI=1S/C15H16ClN5O/c1-9-3-4-11(16)5-13(9)21-15-12(7-20-21)14(18-8-19-15)17-6-10(2)22/h3-5,7-8,10,22H,6H2,1-2H3,(H,17,18,19)/t10-/m1/s1. The number of benzene rings is 1. The van der Waals surface area contributed by atoms with E-state index >= 15 is 0 Å². The summed E-state index contributed by atoms with van der Waals surface area (Å²) in [6.45, 7) is 4.12. The third-order valence-electron chi connectivity index (χ3n) is 3.33. The third-order valence-corrected chi connectivity index (χ3v) is 3.57. The van der Waals surface area contributed by atoms with Crippen molar-refractivity contribution in [1.82, 2.24) is 19.7 Å². The monoisotopic (exact) mass is 317 g/mol. The fourth-order valence-electron chi connectivity index (χ4n) is 2.22. The summed E-state index contributed by atoms with van der Waals surface area (Å²) < 4.78 is 1.74. The number of aliphatic hydroxyl groups excluding tert-OH is 1. The van der Waals surface area contributed by atoms with Gasteiger partial charge in [0.25, 0.3) is 0 Å². The lowest BCUT2D eigenvalue weighted by molar-refractivity contribution is 0.208. The lowest BCUT2D eigenvalue weighted by Gasteiger charge is -2.09. The van der Waals surface area contributed by atoms with Crippen LogP contribution in [0.3, 0.4) is 0 Å². The first-order valence-electron chi connectivity index (χ1n) is 6.93. The second-order valence-electron chi connectivity index (χ2n) is 5.18. The molecule has 2 heterocycles. The molecule has 0 spiro atoms. The lowest BCUT2D eigenvalue weighted by atomic mass is 10.2. The van der Waals surface area contributed by atoms with E-state index in [1.54, 1.807) is 17.8 Å². The van der Waals surface area contributed by atoms with E-state index in [0.29, 0.717) is 23.0 Å². The van der Waals surface area contributed by atoms with Crippen LogP contribution in [0.1, 0.15) is 12.5 Å². The van der Waals surface area contributed by atoms with E-state index in [4.69, 9.17) is 11.6 Å². The second kappa shape index (κ2) is 5.90. The van der Waals surface area contributed by atoms with Crippen LogP contribution in [-0.4, -0.2) is 37.5 Å². The molecule has 7 heteroatoms. The molecule has 0 bridgehead atoms. The molecule has 22 heavy (non-hydrogen) atoms. The molecular weight excluding hydrogens is 302 g/mol. The fourth-order valence-corrected chi connectivity index (χ4v) is 2.38. The molecule has 0 aliphatic rings. The first-order valence-corrected chi connectivity index (χ1v) is 7.31. The van der Waals surface area contributed by atoms with Crippen molar-refractivity contribution in [2.75, 3.05) is 11.9 Å². The first kappa shape index (κ1) is 14.7. The predicted octanol–water partition coefficient (Wildman–Crippen LogP) is 2.57. The minimum Gasteiger partial charge on any atom is -0.392 e. The summed E-state index contributed by atoms with van der Waals surface area (Å²) in [7, 11) is 0. The largest absolute Gasteiger partial charge is 0.392 e. The van der Waals surface area contributed by atoms with Gasteiger partial charge in [0.05, 0.1) is 23.4 Å². The molecule has 0 saturated carbocycles. The highest BCUT2D eigenvalue weighted by Gasteiger charge is 2.13. The third kappa shape index (κ3) is 2.75. The van der Waals surface area contributed by atoms with Gasteiger partial charge in [-0.05, 0) is 31.5 Å². The van der Waals surface area contributed by atoms with E-state index in [9.17, 15) is 5.11 Å². The highest BCUT2D eigenvalue weighted by atomic mass is 35.5. The molecule has 2 aromatic heterocycles. The number of anilines is 1. The molecule has 2 N–H and O–H groups in total. The number of aryl methyl sites for hydroxylation is 1. The Kier molecular flexibility index (Phi) is 3.96. The summed E-state index contributed by atoms with van der Waals surface area (Å²) in [5, 5.41) is 18.3. The maximum absolute atomic E-state index is 9.39. The summed E-state index contributed by atoms with van der Waals surface area (Å²) in [6.07, 6.45) is 2.72. The van der Waals surface area contributed by atoms with Crippen molar-refractivity contribution in [3.05, 3.63) is 41.3 Å². The van der Waals surface area contributed by atoms with Crippen molar-refractivity contribution >= 4 is 28.5 Å². The molecule has 0 radical (unpaired) electrons. The van der Waals surface area contributed by atoms with Crippen molar-refractivity contribution in [3.8, 4) is 5.69 Å². The topological polar surface area (TPSA) is 75.9 Å². The number of hydrogen-bond acceptors (Lipinski definition) is 5. The Balaban J connectivity index is 2.09. The number of aromatic nitrogens is 4. The van der Waals surface area contributed by atoms with Gasteiger partial charge in [-0.3, -0.25) is 0 Å². The highest BCUT2D eigenvalue weighted by Crippen LogP contribution is 2.25. The Morgan fingerprint density at radius 3 is 2.95 bits per heavy atom. The Morgan fingerprint density at radius 1 is 1.36 bits per heavy atom. The molecule has 0 unspecified atom stereocenters. The van der Waals surface area contributed by atoms with Crippen molar-refractivity contribution in [2.45, 2.75) is 20.0 Å². The van der Waals surface area contributed by atoms with Crippen LogP contribution in [-0.2, 0) is 0 Å². The highest BCUT2D eigenvalue weighted by molar-refractivity contribution is 6.30. The van der Waals surface area contributed by atoms with Gasteiger partial charge in [-0.25, -0.2) is 14.6 Å². The molecule has 0 aliphatic heterocycles. The first-order chi connectivity index (χ1) is 10.6. The number of fused-ring (bicyclic) bond motifs is 1. The summed E-state index contributed by atoms with van der Waals surface area (Å²) in [4.78, 5) is 8.53. The van der Waals surface area contributed by atoms with Gasteiger partial charge in [0.2, 0.25) is 0 Å². The zero-order valence-electron chi connectivity index (χ0n) is 12.3. The van der Waals surface area contributed by atoms with Crippen LogP contribution in [0, 0.1) is 6.92 Å². The molecule has 3 aromatic rings. The van der Waals surface area contributed by atoms with Gasteiger partial charge >= 0.3 is 0 Å².